The molecule has 1 aromatic carbocycles. The van der Waals surface area contributed by atoms with E-state index in [0.29, 0.717) is 11.6 Å². The summed E-state index contributed by atoms with van der Waals surface area (Å²) in [5, 5.41) is 10.7. The maximum atomic E-state index is 9.94. The van der Waals surface area contributed by atoms with Gasteiger partial charge in [-0.2, -0.15) is 0 Å². The summed E-state index contributed by atoms with van der Waals surface area (Å²) in [6.07, 6.45) is 2.16. The monoisotopic (exact) mass is 270 g/mol. The van der Waals surface area contributed by atoms with Gasteiger partial charge in [0.1, 0.15) is 25.0 Å². The fourth-order valence-electron chi connectivity index (χ4n) is 2.43. The largest absolute Gasteiger partial charge is 0.490 e. The average molecular weight is 271 g/mol. The molecule has 1 aliphatic heterocycles. The number of aliphatic hydroxyl groups excluding tert-OH is 1. The number of ether oxygens (including phenoxy) is 1. The molecule has 100 valence electrons. The summed E-state index contributed by atoms with van der Waals surface area (Å²) in [6.45, 7) is 5.45. The van der Waals surface area contributed by atoms with Crippen LogP contribution in [-0.4, -0.2) is 37.5 Å². The second-order valence-corrected chi connectivity index (χ2v) is 5.47. The first-order valence-electron chi connectivity index (χ1n) is 6.56. The van der Waals surface area contributed by atoms with Gasteiger partial charge in [0, 0.05) is 17.9 Å². The Morgan fingerprint density at radius 3 is 2.78 bits per heavy atom. The van der Waals surface area contributed by atoms with E-state index in [4.69, 9.17) is 16.3 Å². The Morgan fingerprint density at radius 1 is 1.39 bits per heavy atom. The standard InChI is InChI=1S/C14H20ClNO2/c1-11-8-12(15)4-5-14(11)18-10-13(17)9-16-6-2-3-7-16/h4-5,8,13,17H,2-3,6-7,9-10H2,1H3/p+1. The number of hydrogen-bond acceptors (Lipinski definition) is 2. The van der Waals surface area contributed by atoms with Gasteiger partial charge >= 0.3 is 0 Å². The highest BCUT2D eigenvalue weighted by atomic mass is 35.5. The lowest BCUT2D eigenvalue weighted by molar-refractivity contribution is -0.890. The van der Waals surface area contributed by atoms with Crippen molar-refractivity contribution < 1.29 is 14.7 Å². The number of hydrogen-bond donors (Lipinski definition) is 2. The molecule has 1 unspecified atom stereocenters. The Bertz CT molecular complexity index is 391. The highest BCUT2D eigenvalue weighted by molar-refractivity contribution is 6.30. The molecule has 3 nitrogen and oxygen atoms in total. The highest BCUT2D eigenvalue weighted by Gasteiger charge is 2.19. The maximum Gasteiger partial charge on any atom is 0.137 e. The van der Waals surface area contributed by atoms with Crippen LogP contribution in [0.15, 0.2) is 18.2 Å². The van der Waals surface area contributed by atoms with Gasteiger partial charge in [-0.1, -0.05) is 11.6 Å². The predicted octanol–water partition coefficient (Wildman–Crippen LogP) is 1.07. The first-order valence-corrected chi connectivity index (χ1v) is 6.93. The van der Waals surface area contributed by atoms with Crippen LogP contribution in [0.4, 0.5) is 0 Å². The van der Waals surface area contributed by atoms with Crippen molar-refractivity contribution in [1.82, 2.24) is 0 Å². The number of nitrogens with one attached hydrogen (secondary N) is 1. The molecule has 1 aromatic rings. The third kappa shape index (κ3) is 3.87. The minimum atomic E-state index is -0.395. The summed E-state index contributed by atoms with van der Waals surface area (Å²) in [5.41, 5.74) is 1.00. The number of rotatable bonds is 5. The van der Waals surface area contributed by atoms with Gasteiger partial charge < -0.3 is 14.7 Å². The molecule has 0 radical (unpaired) electrons. The Morgan fingerprint density at radius 2 is 2.11 bits per heavy atom. The van der Waals surface area contributed by atoms with E-state index in [1.807, 2.05) is 25.1 Å². The summed E-state index contributed by atoms with van der Waals surface area (Å²) >= 11 is 5.88. The van der Waals surface area contributed by atoms with Crippen LogP contribution in [0.1, 0.15) is 18.4 Å². The zero-order valence-corrected chi connectivity index (χ0v) is 11.5. The molecule has 1 aliphatic rings. The fraction of sp³-hybridized carbons (Fsp3) is 0.571. The van der Waals surface area contributed by atoms with Crippen LogP contribution >= 0.6 is 11.6 Å². The number of halogens is 1. The number of quaternary nitrogens is 1. The average Bonchev–Trinajstić information content (AvgIpc) is 2.80. The molecule has 1 atom stereocenters. The topological polar surface area (TPSA) is 33.9 Å². The summed E-state index contributed by atoms with van der Waals surface area (Å²) in [6, 6.07) is 5.53. The van der Waals surface area contributed by atoms with Crippen LogP contribution in [0.2, 0.25) is 5.02 Å². The molecule has 1 fully saturated rings. The van der Waals surface area contributed by atoms with Crippen LogP contribution in [0.3, 0.4) is 0 Å². The van der Waals surface area contributed by atoms with Gasteiger partial charge in [0.15, 0.2) is 0 Å². The molecule has 0 spiro atoms. The molecule has 1 heterocycles. The molecule has 1 saturated heterocycles. The van der Waals surface area contributed by atoms with Crippen molar-refractivity contribution >= 4 is 11.6 Å². The van der Waals surface area contributed by atoms with E-state index < -0.39 is 6.10 Å². The van der Waals surface area contributed by atoms with Crippen molar-refractivity contribution in [2.24, 2.45) is 0 Å². The lowest BCUT2D eigenvalue weighted by Gasteiger charge is -2.18. The molecule has 0 amide bonds. The third-order valence-corrected chi connectivity index (χ3v) is 3.64. The van der Waals surface area contributed by atoms with Crippen molar-refractivity contribution in [3.63, 3.8) is 0 Å². The number of aryl methyl sites for hydroxylation is 1. The van der Waals surface area contributed by atoms with Crippen LogP contribution in [0.25, 0.3) is 0 Å². The van der Waals surface area contributed by atoms with Crippen LogP contribution < -0.4 is 9.64 Å². The van der Waals surface area contributed by atoms with Crippen molar-refractivity contribution in [2.75, 3.05) is 26.2 Å². The van der Waals surface area contributed by atoms with Gasteiger partial charge in [-0.3, -0.25) is 0 Å². The molecular formula is C14H21ClNO2+. The predicted molar refractivity (Wildman–Crippen MR) is 72.5 cm³/mol. The first-order chi connectivity index (χ1) is 8.65. The smallest absolute Gasteiger partial charge is 0.137 e. The van der Waals surface area contributed by atoms with Gasteiger partial charge in [-0.05, 0) is 30.7 Å². The van der Waals surface area contributed by atoms with Gasteiger partial charge in [0.05, 0.1) is 13.1 Å². The summed E-state index contributed by atoms with van der Waals surface area (Å²) in [5.74, 6) is 0.801. The van der Waals surface area contributed by atoms with E-state index in [1.54, 1.807) is 0 Å². The molecule has 2 N–H and O–H groups in total. The van der Waals surface area contributed by atoms with Crippen molar-refractivity contribution in [2.45, 2.75) is 25.9 Å². The molecule has 18 heavy (non-hydrogen) atoms. The summed E-state index contributed by atoms with van der Waals surface area (Å²) in [4.78, 5) is 1.49. The second kappa shape index (κ2) is 6.41. The second-order valence-electron chi connectivity index (χ2n) is 5.04. The van der Waals surface area contributed by atoms with E-state index in [2.05, 4.69) is 0 Å². The Hall–Kier alpha value is -0.770. The third-order valence-electron chi connectivity index (χ3n) is 3.40. The van der Waals surface area contributed by atoms with Gasteiger partial charge in [0.2, 0.25) is 0 Å². The molecule has 0 aliphatic carbocycles. The number of likely N-dealkylation sites (tertiary alicyclic amines) is 1. The summed E-state index contributed by atoms with van der Waals surface area (Å²) < 4.78 is 5.64. The van der Waals surface area contributed by atoms with Crippen LogP contribution in [0.5, 0.6) is 5.75 Å². The molecule has 4 heteroatoms. The Labute approximate surface area is 113 Å². The van der Waals surface area contributed by atoms with Crippen molar-refractivity contribution in [3.8, 4) is 5.75 Å². The van der Waals surface area contributed by atoms with E-state index in [0.717, 1.165) is 17.9 Å². The van der Waals surface area contributed by atoms with E-state index in [9.17, 15) is 5.11 Å². The number of benzene rings is 1. The van der Waals surface area contributed by atoms with E-state index in [-0.39, 0.29) is 0 Å². The minimum Gasteiger partial charge on any atom is -0.490 e. The van der Waals surface area contributed by atoms with E-state index >= 15 is 0 Å². The fourth-order valence-corrected chi connectivity index (χ4v) is 2.66. The highest BCUT2D eigenvalue weighted by Crippen LogP contribution is 2.21. The van der Waals surface area contributed by atoms with Crippen molar-refractivity contribution in [1.29, 1.82) is 0 Å². The Balaban J connectivity index is 1.79. The maximum absolute atomic E-state index is 9.94. The quantitative estimate of drug-likeness (QED) is 0.839. The molecule has 0 bridgehead atoms. The van der Waals surface area contributed by atoms with Crippen LogP contribution in [-0.2, 0) is 0 Å². The summed E-state index contributed by atoms with van der Waals surface area (Å²) in [7, 11) is 0. The zero-order valence-electron chi connectivity index (χ0n) is 10.8. The molecule has 2 rings (SSSR count). The van der Waals surface area contributed by atoms with Gasteiger partial charge in [-0.15, -0.1) is 0 Å². The first kappa shape index (κ1) is 13.7. The zero-order chi connectivity index (χ0) is 13.0. The van der Waals surface area contributed by atoms with Gasteiger partial charge in [-0.25, -0.2) is 0 Å². The van der Waals surface area contributed by atoms with Crippen molar-refractivity contribution in [3.05, 3.63) is 28.8 Å². The minimum absolute atomic E-state index is 0.353. The molecule has 0 saturated carbocycles. The Kier molecular flexibility index (Phi) is 4.87. The normalized spacial score (nSPS) is 17.9. The lowest BCUT2D eigenvalue weighted by Crippen LogP contribution is -3.11. The molecule has 0 aromatic heterocycles. The number of aliphatic hydroxyl groups is 1. The van der Waals surface area contributed by atoms with E-state index in [1.165, 1.54) is 30.8 Å². The lowest BCUT2D eigenvalue weighted by atomic mass is 10.2. The van der Waals surface area contributed by atoms with Gasteiger partial charge in [0.25, 0.3) is 0 Å². The molecular weight excluding hydrogens is 250 g/mol. The SMILES string of the molecule is Cc1cc(Cl)ccc1OCC(O)C[NH+]1CCCC1. The van der Waals surface area contributed by atoms with Crippen LogP contribution in [0, 0.1) is 6.92 Å².